The molecule has 2 rings (SSSR count). The van der Waals surface area contributed by atoms with Crippen LogP contribution in [0.25, 0.3) is 0 Å². The van der Waals surface area contributed by atoms with Gasteiger partial charge >= 0.3 is 0 Å². The summed E-state index contributed by atoms with van der Waals surface area (Å²) in [5.74, 6) is -0.164. The molecule has 24 heavy (non-hydrogen) atoms. The zero-order chi connectivity index (χ0) is 17.7. The number of rotatable bonds is 6. The van der Waals surface area contributed by atoms with Gasteiger partial charge in [-0.2, -0.15) is 0 Å². The van der Waals surface area contributed by atoms with Gasteiger partial charge in [-0.25, -0.2) is 17.7 Å². The highest BCUT2D eigenvalue weighted by Gasteiger charge is 2.17. The first kappa shape index (κ1) is 18.7. The van der Waals surface area contributed by atoms with Gasteiger partial charge in [-0.3, -0.25) is 4.79 Å². The van der Waals surface area contributed by atoms with Crippen molar-refractivity contribution >= 4 is 45.0 Å². The number of aromatic nitrogens is 1. The van der Waals surface area contributed by atoms with Crippen LogP contribution in [-0.4, -0.2) is 43.5 Å². The number of sulfonamides is 1. The molecule has 0 radical (unpaired) electrons. The standard InChI is InChI=1S/C15H16ClN3O3S2/c1-19(2)24(21,22)12-6-3-5-11(9-12)18-14(20)10-23-15-13(16)7-4-8-17-15/h3-9H,10H2,1-2H3,(H,18,20). The number of thioether (sulfide) groups is 1. The monoisotopic (exact) mass is 385 g/mol. The lowest BCUT2D eigenvalue weighted by Gasteiger charge is -2.12. The Kier molecular flexibility index (Phi) is 6.22. The van der Waals surface area contributed by atoms with E-state index in [2.05, 4.69) is 10.3 Å². The van der Waals surface area contributed by atoms with Crippen molar-refractivity contribution in [2.45, 2.75) is 9.92 Å². The van der Waals surface area contributed by atoms with Gasteiger partial charge in [-0.05, 0) is 30.3 Å². The third kappa shape index (κ3) is 4.70. The molecule has 1 N–H and O–H groups in total. The third-order valence-electron chi connectivity index (χ3n) is 2.96. The summed E-state index contributed by atoms with van der Waals surface area (Å²) in [6.45, 7) is 0. The summed E-state index contributed by atoms with van der Waals surface area (Å²) in [5.41, 5.74) is 0.413. The van der Waals surface area contributed by atoms with Crippen molar-refractivity contribution in [2.24, 2.45) is 0 Å². The fraction of sp³-hybridized carbons (Fsp3) is 0.200. The summed E-state index contributed by atoms with van der Waals surface area (Å²) in [5, 5.41) is 3.72. The Hall–Kier alpha value is -1.61. The number of nitrogens with one attached hydrogen (secondary N) is 1. The van der Waals surface area contributed by atoms with E-state index in [1.54, 1.807) is 30.5 Å². The Labute approximate surface area is 150 Å². The molecule has 128 valence electrons. The third-order valence-corrected chi connectivity index (χ3v) is 6.19. The molecule has 0 fully saturated rings. The summed E-state index contributed by atoms with van der Waals surface area (Å²) in [6.07, 6.45) is 1.60. The first-order valence-corrected chi connectivity index (χ1v) is 9.67. The minimum Gasteiger partial charge on any atom is -0.325 e. The van der Waals surface area contributed by atoms with Gasteiger partial charge in [0.05, 0.1) is 15.7 Å². The highest BCUT2D eigenvalue weighted by Crippen LogP contribution is 2.24. The first-order chi connectivity index (χ1) is 11.3. The maximum absolute atomic E-state index is 12.1. The van der Waals surface area contributed by atoms with Crippen LogP contribution in [-0.2, 0) is 14.8 Å². The van der Waals surface area contributed by atoms with Crippen molar-refractivity contribution in [2.75, 3.05) is 25.2 Å². The molecule has 2 aromatic rings. The van der Waals surface area contributed by atoms with E-state index in [1.807, 2.05) is 0 Å². The predicted molar refractivity (Wildman–Crippen MR) is 95.9 cm³/mol. The van der Waals surface area contributed by atoms with Crippen molar-refractivity contribution < 1.29 is 13.2 Å². The minimum atomic E-state index is -3.55. The van der Waals surface area contributed by atoms with Crippen LogP contribution in [0.4, 0.5) is 5.69 Å². The number of anilines is 1. The number of carbonyl (C=O) groups excluding carboxylic acids is 1. The number of hydrogen-bond donors (Lipinski definition) is 1. The van der Waals surface area contributed by atoms with E-state index in [0.717, 1.165) is 4.31 Å². The van der Waals surface area contributed by atoms with Gasteiger partial charge in [0.2, 0.25) is 15.9 Å². The van der Waals surface area contributed by atoms with Crippen LogP contribution in [0, 0.1) is 0 Å². The van der Waals surface area contributed by atoms with E-state index in [-0.39, 0.29) is 16.6 Å². The molecule has 0 bridgehead atoms. The van der Waals surface area contributed by atoms with Gasteiger partial charge in [0.25, 0.3) is 0 Å². The Morgan fingerprint density at radius 3 is 2.71 bits per heavy atom. The molecule has 0 saturated heterocycles. The summed E-state index contributed by atoms with van der Waals surface area (Å²) >= 11 is 7.19. The van der Waals surface area contributed by atoms with Crippen molar-refractivity contribution in [1.82, 2.24) is 9.29 Å². The van der Waals surface area contributed by atoms with Crippen molar-refractivity contribution in [1.29, 1.82) is 0 Å². The summed E-state index contributed by atoms with van der Waals surface area (Å²) in [7, 11) is -0.642. The highest BCUT2D eigenvalue weighted by atomic mass is 35.5. The Bertz CT molecular complexity index is 841. The lowest BCUT2D eigenvalue weighted by Crippen LogP contribution is -2.22. The molecule has 9 heteroatoms. The second kappa shape index (κ2) is 7.98. The number of amides is 1. The van der Waals surface area contributed by atoms with Crippen LogP contribution >= 0.6 is 23.4 Å². The summed E-state index contributed by atoms with van der Waals surface area (Å²) in [4.78, 5) is 16.2. The molecule has 0 unspecified atom stereocenters. The van der Waals surface area contributed by atoms with Gasteiger partial charge in [0.15, 0.2) is 0 Å². The minimum absolute atomic E-state index is 0.112. The number of halogens is 1. The van der Waals surface area contributed by atoms with Crippen molar-refractivity contribution in [3.05, 3.63) is 47.6 Å². The van der Waals surface area contributed by atoms with Crippen LogP contribution in [0.15, 0.2) is 52.5 Å². The molecule has 0 aliphatic carbocycles. The van der Waals surface area contributed by atoms with Crippen LogP contribution in [0.5, 0.6) is 0 Å². The molecule has 1 amide bonds. The van der Waals surface area contributed by atoms with E-state index < -0.39 is 10.0 Å². The first-order valence-electron chi connectivity index (χ1n) is 6.86. The number of carbonyl (C=O) groups is 1. The number of hydrogen-bond acceptors (Lipinski definition) is 5. The average Bonchev–Trinajstić information content (AvgIpc) is 2.54. The topological polar surface area (TPSA) is 79.4 Å². The summed E-state index contributed by atoms with van der Waals surface area (Å²) in [6, 6.07) is 9.52. The molecule has 6 nitrogen and oxygen atoms in total. The molecule has 0 saturated carbocycles. The van der Waals surface area contributed by atoms with Crippen molar-refractivity contribution in [3.8, 4) is 0 Å². The lowest BCUT2D eigenvalue weighted by molar-refractivity contribution is -0.113. The molecular weight excluding hydrogens is 370 g/mol. The maximum Gasteiger partial charge on any atom is 0.242 e. The van der Waals surface area contributed by atoms with Gasteiger partial charge < -0.3 is 5.32 Å². The average molecular weight is 386 g/mol. The van der Waals surface area contributed by atoms with Gasteiger partial charge in [0, 0.05) is 26.0 Å². The zero-order valence-corrected chi connectivity index (χ0v) is 15.5. The SMILES string of the molecule is CN(C)S(=O)(=O)c1cccc(NC(=O)CSc2ncccc2Cl)c1. The number of pyridine rings is 1. The van der Waals surface area contributed by atoms with E-state index in [4.69, 9.17) is 11.6 Å². The smallest absolute Gasteiger partial charge is 0.242 e. The fourth-order valence-electron chi connectivity index (χ4n) is 1.75. The lowest BCUT2D eigenvalue weighted by atomic mass is 10.3. The quantitative estimate of drug-likeness (QED) is 0.773. The molecular formula is C15H16ClN3O3S2. The van der Waals surface area contributed by atoms with E-state index in [9.17, 15) is 13.2 Å². The zero-order valence-electron chi connectivity index (χ0n) is 13.1. The van der Waals surface area contributed by atoms with Gasteiger partial charge in [0.1, 0.15) is 5.03 Å². The van der Waals surface area contributed by atoms with Gasteiger partial charge in [-0.1, -0.05) is 29.4 Å². The van der Waals surface area contributed by atoms with Crippen LogP contribution in [0.2, 0.25) is 5.02 Å². The molecule has 0 spiro atoms. The Morgan fingerprint density at radius 2 is 2.04 bits per heavy atom. The second-order valence-electron chi connectivity index (χ2n) is 4.94. The number of benzene rings is 1. The van der Waals surface area contributed by atoms with Crippen LogP contribution < -0.4 is 5.32 Å². The molecule has 1 aromatic carbocycles. The molecule has 0 aliphatic heterocycles. The molecule has 1 heterocycles. The van der Waals surface area contributed by atoms with Crippen LogP contribution in [0.1, 0.15) is 0 Å². The van der Waals surface area contributed by atoms with E-state index in [1.165, 1.54) is 38.0 Å². The number of nitrogens with zero attached hydrogens (tertiary/aromatic N) is 2. The van der Waals surface area contributed by atoms with Crippen molar-refractivity contribution in [3.63, 3.8) is 0 Å². The van der Waals surface area contributed by atoms with Crippen LogP contribution in [0.3, 0.4) is 0 Å². The normalized spacial score (nSPS) is 11.5. The predicted octanol–water partition coefficient (Wildman–Crippen LogP) is 2.72. The summed E-state index contributed by atoms with van der Waals surface area (Å²) < 4.78 is 25.3. The maximum atomic E-state index is 12.1. The fourth-order valence-corrected chi connectivity index (χ4v) is 3.67. The Morgan fingerprint density at radius 1 is 1.29 bits per heavy atom. The van der Waals surface area contributed by atoms with E-state index in [0.29, 0.717) is 15.7 Å². The largest absolute Gasteiger partial charge is 0.325 e. The van der Waals surface area contributed by atoms with Gasteiger partial charge in [-0.15, -0.1) is 0 Å². The highest BCUT2D eigenvalue weighted by molar-refractivity contribution is 8.00. The molecule has 1 aromatic heterocycles. The van der Waals surface area contributed by atoms with E-state index >= 15 is 0 Å². The molecule has 0 atom stereocenters. The molecule has 0 aliphatic rings. The second-order valence-corrected chi connectivity index (χ2v) is 8.47. The Balaban J connectivity index is 2.04.